The van der Waals surface area contributed by atoms with Gasteiger partial charge in [-0.15, -0.1) is 0 Å². The number of thiol groups is 1. The van der Waals surface area contributed by atoms with Crippen molar-refractivity contribution in [3.8, 4) is 0 Å². The van der Waals surface area contributed by atoms with E-state index in [-0.39, 0.29) is 11.7 Å². The smallest absolute Gasteiger partial charge is 0.326 e. The molecule has 0 saturated carbocycles. The van der Waals surface area contributed by atoms with Crippen molar-refractivity contribution < 1.29 is 29.4 Å². The molecule has 0 aliphatic rings. The number of carbonyl (C=O) groups excluding carboxylic acids is 2. The van der Waals surface area contributed by atoms with Gasteiger partial charge in [0.05, 0.1) is 12.5 Å². The molecule has 0 rings (SSSR count). The summed E-state index contributed by atoms with van der Waals surface area (Å²) in [5, 5.41) is 22.3. The lowest BCUT2D eigenvalue weighted by molar-refractivity contribution is -0.144. The standard InChI is InChI=1S/C13H23N3O6S/c1-3-6(2)10(13(21)22)16-12(20)8(5-23)15-11(19)7(14)4-9(17)18/h6-8,10,23H,3-5,14H2,1-2H3,(H,15,19)(H,16,20)(H,17,18)(H,21,22). The number of carbonyl (C=O) groups is 4. The van der Waals surface area contributed by atoms with E-state index in [0.717, 1.165) is 0 Å². The fourth-order valence-corrected chi connectivity index (χ4v) is 1.95. The van der Waals surface area contributed by atoms with Gasteiger partial charge in [0.1, 0.15) is 12.1 Å². The molecule has 2 amide bonds. The van der Waals surface area contributed by atoms with Crippen LogP contribution in [0.4, 0.5) is 0 Å². The predicted molar refractivity (Wildman–Crippen MR) is 85.0 cm³/mol. The fraction of sp³-hybridized carbons (Fsp3) is 0.692. The van der Waals surface area contributed by atoms with Crippen molar-refractivity contribution in [1.29, 1.82) is 0 Å². The summed E-state index contributed by atoms with van der Waals surface area (Å²) in [5.41, 5.74) is 5.40. The summed E-state index contributed by atoms with van der Waals surface area (Å²) >= 11 is 3.94. The Kier molecular flexibility index (Phi) is 9.27. The van der Waals surface area contributed by atoms with Crippen LogP contribution in [0.15, 0.2) is 0 Å². The molecule has 23 heavy (non-hydrogen) atoms. The Balaban J connectivity index is 4.82. The Morgan fingerprint density at radius 2 is 1.70 bits per heavy atom. The van der Waals surface area contributed by atoms with Crippen molar-refractivity contribution >= 4 is 36.4 Å². The highest BCUT2D eigenvalue weighted by molar-refractivity contribution is 7.80. The van der Waals surface area contributed by atoms with Crippen LogP contribution >= 0.6 is 12.6 Å². The van der Waals surface area contributed by atoms with E-state index in [1.54, 1.807) is 13.8 Å². The summed E-state index contributed by atoms with van der Waals surface area (Å²) in [6.45, 7) is 3.46. The summed E-state index contributed by atoms with van der Waals surface area (Å²) in [5.74, 6) is -4.37. The maximum absolute atomic E-state index is 12.1. The highest BCUT2D eigenvalue weighted by Crippen LogP contribution is 2.08. The molecule has 0 aromatic carbocycles. The number of aliphatic carboxylic acids is 2. The molecule has 0 radical (unpaired) electrons. The van der Waals surface area contributed by atoms with E-state index in [0.29, 0.717) is 6.42 Å². The van der Waals surface area contributed by atoms with E-state index in [9.17, 15) is 19.2 Å². The lowest BCUT2D eigenvalue weighted by atomic mass is 9.99. The molecule has 9 nitrogen and oxygen atoms in total. The third-order valence-electron chi connectivity index (χ3n) is 3.32. The van der Waals surface area contributed by atoms with Gasteiger partial charge >= 0.3 is 11.9 Å². The number of carboxylic acid groups (broad SMARTS) is 2. The maximum Gasteiger partial charge on any atom is 0.326 e. The number of hydrogen-bond donors (Lipinski definition) is 6. The number of carboxylic acids is 2. The van der Waals surface area contributed by atoms with Crippen LogP contribution in [0.25, 0.3) is 0 Å². The van der Waals surface area contributed by atoms with Gasteiger partial charge in [0.25, 0.3) is 0 Å². The Labute approximate surface area is 139 Å². The van der Waals surface area contributed by atoms with Crippen molar-refractivity contribution in [2.24, 2.45) is 11.7 Å². The molecular formula is C13H23N3O6S. The molecule has 0 aliphatic carbocycles. The molecule has 132 valence electrons. The van der Waals surface area contributed by atoms with E-state index in [4.69, 9.17) is 15.9 Å². The zero-order valence-electron chi connectivity index (χ0n) is 13.0. The van der Waals surface area contributed by atoms with Gasteiger partial charge in [-0.25, -0.2) is 4.79 Å². The van der Waals surface area contributed by atoms with Gasteiger partial charge in [-0.1, -0.05) is 20.3 Å². The molecule has 4 unspecified atom stereocenters. The van der Waals surface area contributed by atoms with Crippen molar-refractivity contribution in [1.82, 2.24) is 10.6 Å². The van der Waals surface area contributed by atoms with Crippen LogP contribution in [0.1, 0.15) is 26.7 Å². The monoisotopic (exact) mass is 349 g/mol. The van der Waals surface area contributed by atoms with Crippen LogP contribution < -0.4 is 16.4 Å². The number of hydrogen-bond acceptors (Lipinski definition) is 6. The number of rotatable bonds is 10. The molecule has 0 aliphatic heterocycles. The molecular weight excluding hydrogens is 326 g/mol. The van der Waals surface area contributed by atoms with E-state index in [2.05, 4.69) is 23.3 Å². The second kappa shape index (κ2) is 10.1. The third kappa shape index (κ3) is 7.33. The fourth-order valence-electron chi connectivity index (χ4n) is 1.69. The predicted octanol–water partition coefficient (Wildman–Crippen LogP) is -1.18. The molecule has 0 fully saturated rings. The Morgan fingerprint density at radius 3 is 2.09 bits per heavy atom. The first kappa shape index (κ1) is 21.2. The average molecular weight is 349 g/mol. The second-order valence-electron chi connectivity index (χ2n) is 5.16. The first-order valence-corrected chi connectivity index (χ1v) is 7.69. The average Bonchev–Trinajstić information content (AvgIpc) is 2.47. The Hall–Kier alpha value is -1.81. The van der Waals surface area contributed by atoms with Gasteiger partial charge in [0, 0.05) is 5.75 Å². The minimum atomic E-state index is -1.31. The summed E-state index contributed by atoms with van der Waals surface area (Å²) in [6, 6.07) is -3.52. The van der Waals surface area contributed by atoms with Crippen molar-refractivity contribution in [3.05, 3.63) is 0 Å². The lowest BCUT2D eigenvalue weighted by Gasteiger charge is -2.24. The van der Waals surface area contributed by atoms with E-state index in [1.165, 1.54) is 0 Å². The lowest BCUT2D eigenvalue weighted by Crippen LogP contribution is -2.56. The zero-order chi connectivity index (χ0) is 18.2. The topological polar surface area (TPSA) is 159 Å². The van der Waals surface area contributed by atoms with Crippen LogP contribution in [0.5, 0.6) is 0 Å². The molecule has 10 heteroatoms. The minimum Gasteiger partial charge on any atom is -0.481 e. The van der Waals surface area contributed by atoms with Crippen LogP contribution in [0.3, 0.4) is 0 Å². The van der Waals surface area contributed by atoms with Crippen LogP contribution in [0, 0.1) is 5.92 Å². The Morgan fingerprint density at radius 1 is 1.13 bits per heavy atom. The number of nitrogens with one attached hydrogen (secondary N) is 2. The van der Waals surface area contributed by atoms with Gasteiger partial charge in [-0.2, -0.15) is 12.6 Å². The molecule has 0 saturated heterocycles. The zero-order valence-corrected chi connectivity index (χ0v) is 13.9. The highest BCUT2D eigenvalue weighted by Gasteiger charge is 2.30. The molecule has 0 aromatic rings. The van der Waals surface area contributed by atoms with Crippen molar-refractivity contribution in [2.75, 3.05) is 5.75 Å². The van der Waals surface area contributed by atoms with Gasteiger partial charge < -0.3 is 26.6 Å². The van der Waals surface area contributed by atoms with Crippen LogP contribution in [-0.4, -0.2) is 57.8 Å². The maximum atomic E-state index is 12.1. The van der Waals surface area contributed by atoms with Gasteiger partial charge in [-0.3, -0.25) is 14.4 Å². The largest absolute Gasteiger partial charge is 0.481 e. The quantitative estimate of drug-likeness (QED) is 0.271. The summed E-state index contributed by atoms with van der Waals surface area (Å²) in [7, 11) is 0. The van der Waals surface area contributed by atoms with Crippen LogP contribution in [0.2, 0.25) is 0 Å². The Bertz CT molecular complexity index is 459. The van der Waals surface area contributed by atoms with Crippen LogP contribution in [-0.2, 0) is 19.2 Å². The summed E-state index contributed by atoms with van der Waals surface area (Å²) in [4.78, 5) is 45.5. The molecule has 4 atom stereocenters. The van der Waals surface area contributed by atoms with Gasteiger partial charge in [-0.05, 0) is 5.92 Å². The third-order valence-corrected chi connectivity index (χ3v) is 3.69. The molecule has 0 spiro atoms. The SMILES string of the molecule is CCC(C)C(NC(=O)C(CS)NC(=O)C(N)CC(=O)O)C(=O)O. The molecule has 0 bridgehead atoms. The first-order chi connectivity index (χ1) is 10.6. The first-order valence-electron chi connectivity index (χ1n) is 7.05. The summed E-state index contributed by atoms with van der Waals surface area (Å²) < 4.78 is 0. The summed E-state index contributed by atoms with van der Waals surface area (Å²) in [6.07, 6.45) is -0.0456. The van der Waals surface area contributed by atoms with Gasteiger partial charge in [0.15, 0.2) is 0 Å². The van der Waals surface area contributed by atoms with Gasteiger partial charge in [0.2, 0.25) is 11.8 Å². The van der Waals surface area contributed by atoms with E-state index >= 15 is 0 Å². The second-order valence-corrected chi connectivity index (χ2v) is 5.52. The molecule has 6 N–H and O–H groups in total. The highest BCUT2D eigenvalue weighted by atomic mass is 32.1. The number of nitrogens with two attached hydrogens (primary N) is 1. The normalized spacial score (nSPS) is 15.8. The molecule has 0 aromatic heterocycles. The molecule has 0 heterocycles. The van der Waals surface area contributed by atoms with Crippen molar-refractivity contribution in [2.45, 2.75) is 44.8 Å². The number of amides is 2. The van der Waals surface area contributed by atoms with Crippen molar-refractivity contribution in [3.63, 3.8) is 0 Å². The van der Waals surface area contributed by atoms with E-state index < -0.39 is 48.3 Å². The minimum absolute atomic E-state index is 0.0930. The van der Waals surface area contributed by atoms with E-state index in [1.807, 2.05) is 0 Å².